The molecule has 4 nitrogen and oxygen atoms in total. The fraction of sp³-hybridized carbons (Fsp3) is 0.316. The van der Waals surface area contributed by atoms with E-state index in [4.69, 9.17) is 4.74 Å². The minimum Gasteiger partial charge on any atom is -0.493 e. The van der Waals surface area contributed by atoms with Crippen LogP contribution in [0.3, 0.4) is 0 Å². The van der Waals surface area contributed by atoms with Crippen molar-refractivity contribution in [2.45, 2.75) is 32.8 Å². The van der Waals surface area contributed by atoms with Crippen molar-refractivity contribution in [1.29, 1.82) is 0 Å². The number of para-hydroxylation sites is 2. The molecule has 0 unspecified atom stereocenters. The van der Waals surface area contributed by atoms with E-state index in [0.29, 0.717) is 11.7 Å². The minimum absolute atomic E-state index is 0.0731. The fourth-order valence-electron chi connectivity index (χ4n) is 2.19. The summed E-state index contributed by atoms with van der Waals surface area (Å²) in [5.74, 6) is 0.703. The zero-order chi connectivity index (χ0) is 18.2. The zero-order valence-corrected chi connectivity index (χ0v) is 14.2. The molecule has 2 aromatic carbocycles. The lowest BCUT2D eigenvalue weighted by Crippen LogP contribution is -2.16. The molecule has 0 radical (unpaired) electrons. The minimum atomic E-state index is -2.95. The van der Waals surface area contributed by atoms with Gasteiger partial charge in [-0.3, -0.25) is 4.79 Å². The molecule has 6 heteroatoms. The largest absolute Gasteiger partial charge is 0.493 e. The van der Waals surface area contributed by atoms with E-state index < -0.39 is 6.61 Å². The molecule has 0 saturated heterocycles. The standard InChI is InChI=1S/C19H21F2NO3/c1-13(2)14-7-9-15(10-8-14)24-12-11-18(23)22-16-5-3-4-6-17(16)25-19(20)21/h3-10,13,19H,11-12H2,1-2H3,(H,22,23). The average Bonchev–Trinajstić information content (AvgIpc) is 2.56. The first-order valence-corrected chi connectivity index (χ1v) is 8.02. The lowest BCUT2D eigenvalue weighted by atomic mass is 10.0. The molecular formula is C19H21F2NO3. The number of amides is 1. The van der Waals surface area contributed by atoms with Crippen LogP contribution in [0.2, 0.25) is 0 Å². The summed E-state index contributed by atoms with van der Waals surface area (Å²) in [6, 6.07) is 13.7. The summed E-state index contributed by atoms with van der Waals surface area (Å²) >= 11 is 0. The molecule has 0 saturated carbocycles. The van der Waals surface area contributed by atoms with Gasteiger partial charge in [0.25, 0.3) is 0 Å². The summed E-state index contributed by atoms with van der Waals surface area (Å²) in [6.07, 6.45) is 0.0922. The molecule has 0 aliphatic heterocycles. The van der Waals surface area contributed by atoms with Gasteiger partial charge in [0.15, 0.2) is 0 Å². The second-order valence-corrected chi connectivity index (χ2v) is 5.75. The number of alkyl halides is 2. The van der Waals surface area contributed by atoms with Crippen molar-refractivity contribution in [3.8, 4) is 11.5 Å². The molecule has 2 aromatic rings. The van der Waals surface area contributed by atoms with E-state index in [1.165, 1.54) is 17.7 Å². The lowest BCUT2D eigenvalue weighted by molar-refractivity contribution is -0.116. The second kappa shape index (κ2) is 9.01. The average molecular weight is 349 g/mol. The molecule has 1 N–H and O–H groups in total. The van der Waals surface area contributed by atoms with Gasteiger partial charge in [0, 0.05) is 0 Å². The molecule has 1 amide bonds. The first-order valence-electron chi connectivity index (χ1n) is 8.02. The molecule has 0 heterocycles. The molecule has 0 bridgehead atoms. The first-order chi connectivity index (χ1) is 12.0. The number of carbonyl (C=O) groups excluding carboxylic acids is 1. The number of halogens is 2. The summed E-state index contributed by atoms with van der Waals surface area (Å²) in [7, 11) is 0. The molecular weight excluding hydrogens is 328 g/mol. The smallest absolute Gasteiger partial charge is 0.387 e. The van der Waals surface area contributed by atoms with Gasteiger partial charge in [-0.25, -0.2) is 0 Å². The molecule has 2 rings (SSSR count). The SMILES string of the molecule is CC(C)c1ccc(OCCC(=O)Nc2ccccc2OC(F)F)cc1. The Hall–Kier alpha value is -2.63. The number of anilines is 1. The normalized spacial score (nSPS) is 10.8. The molecule has 0 atom stereocenters. The Labute approximate surface area is 145 Å². The highest BCUT2D eigenvalue weighted by Gasteiger charge is 2.11. The molecule has 0 aliphatic carbocycles. The van der Waals surface area contributed by atoms with Crippen LogP contribution in [0, 0.1) is 0 Å². The molecule has 0 fully saturated rings. The summed E-state index contributed by atoms with van der Waals surface area (Å²) in [4.78, 5) is 11.9. The number of hydrogen-bond acceptors (Lipinski definition) is 3. The summed E-state index contributed by atoms with van der Waals surface area (Å²) < 4.78 is 34.6. The van der Waals surface area contributed by atoms with Crippen molar-refractivity contribution < 1.29 is 23.0 Å². The van der Waals surface area contributed by atoms with E-state index >= 15 is 0 Å². The van der Waals surface area contributed by atoms with Gasteiger partial charge < -0.3 is 14.8 Å². The number of rotatable bonds is 8. The highest BCUT2D eigenvalue weighted by molar-refractivity contribution is 5.92. The Bertz CT molecular complexity index is 687. The second-order valence-electron chi connectivity index (χ2n) is 5.75. The lowest BCUT2D eigenvalue weighted by Gasteiger charge is -2.12. The maximum atomic E-state index is 12.4. The summed E-state index contributed by atoms with van der Waals surface area (Å²) in [5, 5.41) is 2.55. The van der Waals surface area contributed by atoms with Crippen molar-refractivity contribution in [1.82, 2.24) is 0 Å². The van der Waals surface area contributed by atoms with Crippen molar-refractivity contribution >= 4 is 11.6 Å². The third kappa shape index (κ3) is 6.06. The van der Waals surface area contributed by atoms with Crippen LogP contribution in [0.4, 0.5) is 14.5 Å². The van der Waals surface area contributed by atoms with Crippen LogP contribution in [-0.2, 0) is 4.79 Å². The molecule has 0 aliphatic rings. The monoisotopic (exact) mass is 349 g/mol. The van der Waals surface area contributed by atoms with E-state index in [1.54, 1.807) is 12.1 Å². The van der Waals surface area contributed by atoms with Gasteiger partial charge in [0.05, 0.1) is 18.7 Å². The molecule has 25 heavy (non-hydrogen) atoms. The van der Waals surface area contributed by atoms with Crippen LogP contribution >= 0.6 is 0 Å². The van der Waals surface area contributed by atoms with Gasteiger partial charge >= 0.3 is 6.61 Å². The predicted molar refractivity (Wildman–Crippen MR) is 92.3 cm³/mol. The Morgan fingerprint density at radius 2 is 1.76 bits per heavy atom. The zero-order valence-electron chi connectivity index (χ0n) is 14.2. The maximum absolute atomic E-state index is 12.4. The van der Waals surface area contributed by atoms with Crippen molar-refractivity contribution in [3.63, 3.8) is 0 Å². The predicted octanol–water partition coefficient (Wildman–Crippen LogP) is 4.82. The third-order valence-corrected chi connectivity index (χ3v) is 3.52. The quantitative estimate of drug-likeness (QED) is 0.743. The van der Waals surface area contributed by atoms with Crippen LogP contribution in [0.25, 0.3) is 0 Å². The Morgan fingerprint density at radius 1 is 1.08 bits per heavy atom. The number of nitrogens with one attached hydrogen (secondary N) is 1. The molecule has 0 spiro atoms. The van der Waals surface area contributed by atoms with Crippen LogP contribution in [0.5, 0.6) is 11.5 Å². The van der Waals surface area contributed by atoms with Gasteiger partial charge in [0.1, 0.15) is 11.5 Å². The Kier molecular flexibility index (Phi) is 6.74. The van der Waals surface area contributed by atoms with Crippen molar-refractivity contribution in [2.75, 3.05) is 11.9 Å². The van der Waals surface area contributed by atoms with E-state index in [0.717, 1.165) is 0 Å². The number of benzene rings is 2. The summed E-state index contributed by atoms with van der Waals surface area (Å²) in [6.45, 7) is 1.45. The van der Waals surface area contributed by atoms with Gasteiger partial charge in [-0.1, -0.05) is 38.1 Å². The van der Waals surface area contributed by atoms with Gasteiger partial charge in [-0.05, 0) is 35.7 Å². The summed E-state index contributed by atoms with van der Waals surface area (Å²) in [5.41, 5.74) is 1.41. The van der Waals surface area contributed by atoms with Gasteiger partial charge in [-0.15, -0.1) is 0 Å². The topological polar surface area (TPSA) is 47.6 Å². The number of hydrogen-bond donors (Lipinski definition) is 1. The highest BCUT2D eigenvalue weighted by Crippen LogP contribution is 2.25. The fourth-order valence-corrected chi connectivity index (χ4v) is 2.19. The Morgan fingerprint density at radius 3 is 2.40 bits per heavy atom. The van der Waals surface area contributed by atoms with E-state index in [9.17, 15) is 13.6 Å². The van der Waals surface area contributed by atoms with E-state index in [2.05, 4.69) is 23.9 Å². The first kappa shape index (κ1) is 18.7. The molecule has 134 valence electrons. The van der Waals surface area contributed by atoms with Gasteiger partial charge in [-0.2, -0.15) is 8.78 Å². The van der Waals surface area contributed by atoms with E-state index in [1.807, 2.05) is 24.3 Å². The van der Waals surface area contributed by atoms with Crippen LogP contribution < -0.4 is 14.8 Å². The van der Waals surface area contributed by atoms with E-state index in [-0.39, 0.29) is 30.4 Å². The third-order valence-electron chi connectivity index (χ3n) is 3.52. The van der Waals surface area contributed by atoms with Gasteiger partial charge in [0.2, 0.25) is 5.91 Å². The van der Waals surface area contributed by atoms with Crippen molar-refractivity contribution in [2.24, 2.45) is 0 Å². The number of ether oxygens (including phenoxy) is 2. The molecule has 0 aromatic heterocycles. The maximum Gasteiger partial charge on any atom is 0.387 e. The Balaban J connectivity index is 1.83. The van der Waals surface area contributed by atoms with Crippen LogP contribution in [0.1, 0.15) is 31.7 Å². The van der Waals surface area contributed by atoms with Crippen LogP contribution in [-0.4, -0.2) is 19.1 Å². The highest BCUT2D eigenvalue weighted by atomic mass is 19.3. The van der Waals surface area contributed by atoms with Crippen LogP contribution in [0.15, 0.2) is 48.5 Å². The van der Waals surface area contributed by atoms with Crippen molar-refractivity contribution in [3.05, 3.63) is 54.1 Å². The number of carbonyl (C=O) groups is 1.